The molecule has 1 heterocycles. The Morgan fingerprint density at radius 2 is 2.12 bits per heavy atom. The summed E-state index contributed by atoms with van der Waals surface area (Å²) in [5, 5.41) is 2.70. The molecule has 2 saturated carbocycles. The van der Waals surface area contributed by atoms with Crippen LogP contribution in [0.5, 0.6) is 0 Å². The maximum Gasteiger partial charge on any atom is 0.310 e. The molecule has 1 aliphatic heterocycles. The summed E-state index contributed by atoms with van der Waals surface area (Å²) in [5.41, 5.74) is 1.62. The van der Waals surface area contributed by atoms with Gasteiger partial charge in [-0.25, -0.2) is 0 Å². The maximum atomic E-state index is 12.5. The number of aryl methyl sites for hydroxylation is 1. The average molecular weight is 487 g/mol. The molecule has 0 aromatic heterocycles. The molecule has 1 aromatic carbocycles. The van der Waals surface area contributed by atoms with Gasteiger partial charge in [0.15, 0.2) is 6.61 Å². The zero-order valence-corrected chi connectivity index (χ0v) is 17.1. The highest BCUT2D eigenvalue weighted by atomic mass is 79.9. The van der Waals surface area contributed by atoms with Crippen molar-refractivity contribution in [3.05, 3.63) is 28.2 Å². The Hall–Kier alpha value is -1.41. The largest absolute Gasteiger partial charge is 0.461 e. The summed E-state index contributed by atoms with van der Waals surface area (Å²) in [6.45, 7) is 1.54. The van der Waals surface area contributed by atoms with Crippen LogP contribution in [0.2, 0.25) is 0 Å². The summed E-state index contributed by atoms with van der Waals surface area (Å²) in [5.74, 6) is -2.08. The number of alkyl halides is 1. The van der Waals surface area contributed by atoms with Crippen LogP contribution in [0, 0.1) is 30.6 Å². The zero-order chi connectivity index (χ0) is 18.6. The minimum absolute atomic E-state index is 0.0196. The number of hydrogen-bond acceptors (Lipinski definition) is 5. The Morgan fingerprint density at radius 1 is 1.35 bits per heavy atom. The number of ether oxygens (including phenoxy) is 2. The predicted molar refractivity (Wildman–Crippen MR) is 99.6 cm³/mol. The standard InChI is InChI=1S/C18H17Br2NO5/c1-7-4-8(2-3-11(7)19)21-12(22)6-25-17(23)13-9-5-10-14(13)18(24)26-16(10)15(9)20/h2-4,9-10,13-16H,5-6H2,1H3,(H,21,22)/t9-,10-,13-,14+,15-,16+/m1/s1. The monoisotopic (exact) mass is 485 g/mol. The maximum absolute atomic E-state index is 12.5. The number of amides is 1. The highest BCUT2D eigenvalue weighted by Crippen LogP contribution is 2.60. The molecular weight excluding hydrogens is 470 g/mol. The number of benzene rings is 1. The SMILES string of the molecule is Cc1cc(NC(=O)COC(=O)[C@@H]2[C@H]3C[C@H]4[C@H](OC(=O)[C@@H]42)[C@@H]3Br)ccc1Br. The number of nitrogens with one attached hydrogen (secondary N) is 1. The summed E-state index contributed by atoms with van der Waals surface area (Å²) in [6.07, 6.45) is 0.645. The van der Waals surface area contributed by atoms with Gasteiger partial charge in [-0.15, -0.1) is 0 Å². The molecule has 6 atom stereocenters. The first-order valence-corrected chi connectivity index (χ1v) is 10.1. The highest BCUT2D eigenvalue weighted by molar-refractivity contribution is 9.10. The fourth-order valence-electron chi connectivity index (χ4n) is 4.45. The van der Waals surface area contributed by atoms with Crippen molar-refractivity contribution in [3.63, 3.8) is 0 Å². The number of carbonyl (C=O) groups excluding carboxylic acids is 3. The molecule has 4 rings (SSSR count). The van der Waals surface area contributed by atoms with E-state index in [1.54, 1.807) is 6.07 Å². The van der Waals surface area contributed by atoms with Crippen molar-refractivity contribution in [2.45, 2.75) is 24.3 Å². The van der Waals surface area contributed by atoms with Crippen molar-refractivity contribution in [1.29, 1.82) is 0 Å². The third-order valence-corrected chi connectivity index (χ3v) is 7.67. The molecule has 1 amide bonds. The number of anilines is 1. The minimum Gasteiger partial charge on any atom is -0.461 e. The third-order valence-electron chi connectivity index (χ3n) is 5.58. The van der Waals surface area contributed by atoms with E-state index in [4.69, 9.17) is 9.47 Å². The summed E-state index contributed by atoms with van der Waals surface area (Å²) >= 11 is 6.95. The van der Waals surface area contributed by atoms with Crippen LogP contribution in [0.3, 0.4) is 0 Å². The second-order valence-corrected chi connectivity index (χ2v) is 8.99. The van der Waals surface area contributed by atoms with E-state index in [2.05, 4.69) is 37.2 Å². The second-order valence-electron chi connectivity index (χ2n) is 7.08. The van der Waals surface area contributed by atoms with Crippen LogP contribution in [0.25, 0.3) is 0 Å². The molecule has 0 unspecified atom stereocenters. The first-order valence-electron chi connectivity index (χ1n) is 8.44. The van der Waals surface area contributed by atoms with E-state index in [1.807, 2.05) is 19.1 Å². The van der Waals surface area contributed by atoms with E-state index in [1.165, 1.54) is 0 Å². The Bertz CT molecular complexity index is 798. The van der Waals surface area contributed by atoms with Gasteiger partial charge in [0.1, 0.15) is 6.10 Å². The molecule has 0 radical (unpaired) electrons. The van der Waals surface area contributed by atoms with Crippen molar-refractivity contribution in [2.24, 2.45) is 23.7 Å². The minimum atomic E-state index is -0.529. The van der Waals surface area contributed by atoms with E-state index in [-0.39, 0.29) is 35.3 Å². The topological polar surface area (TPSA) is 81.7 Å². The lowest BCUT2D eigenvalue weighted by molar-refractivity contribution is -0.157. The van der Waals surface area contributed by atoms with Gasteiger partial charge >= 0.3 is 11.9 Å². The summed E-state index contributed by atoms with van der Waals surface area (Å²) in [6, 6.07) is 5.42. The van der Waals surface area contributed by atoms with Gasteiger partial charge in [-0.2, -0.15) is 0 Å². The van der Waals surface area contributed by atoms with Crippen molar-refractivity contribution in [3.8, 4) is 0 Å². The summed E-state index contributed by atoms with van der Waals surface area (Å²) in [7, 11) is 0. The fourth-order valence-corrected chi connectivity index (χ4v) is 5.74. The van der Waals surface area contributed by atoms with Gasteiger partial charge in [-0.05, 0) is 43.0 Å². The van der Waals surface area contributed by atoms with E-state index in [0.29, 0.717) is 5.69 Å². The number of hydrogen-bond donors (Lipinski definition) is 1. The van der Waals surface area contributed by atoms with Crippen LogP contribution in [0.15, 0.2) is 22.7 Å². The first kappa shape index (κ1) is 18.0. The average Bonchev–Trinajstić information content (AvgIpc) is 3.20. The molecular formula is C18H17Br2NO5. The van der Waals surface area contributed by atoms with Crippen molar-refractivity contribution in [2.75, 3.05) is 11.9 Å². The zero-order valence-electron chi connectivity index (χ0n) is 13.9. The van der Waals surface area contributed by atoms with Crippen molar-refractivity contribution in [1.82, 2.24) is 0 Å². The fraction of sp³-hybridized carbons (Fsp3) is 0.500. The summed E-state index contributed by atoms with van der Waals surface area (Å²) < 4.78 is 11.6. The molecule has 6 nitrogen and oxygen atoms in total. The molecule has 26 heavy (non-hydrogen) atoms. The number of esters is 2. The van der Waals surface area contributed by atoms with Crippen LogP contribution in [0.4, 0.5) is 5.69 Å². The molecule has 3 fully saturated rings. The van der Waals surface area contributed by atoms with Crippen LogP contribution in [-0.2, 0) is 23.9 Å². The number of rotatable bonds is 4. The van der Waals surface area contributed by atoms with Crippen molar-refractivity contribution >= 4 is 55.4 Å². The van der Waals surface area contributed by atoms with Crippen LogP contribution in [0.1, 0.15) is 12.0 Å². The first-order chi connectivity index (χ1) is 12.4. The van der Waals surface area contributed by atoms with E-state index in [9.17, 15) is 14.4 Å². The van der Waals surface area contributed by atoms with Gasteiger partial charge in [0.05, 0.1) is 16.7 Å². The van der Waals surface area contributed by atoms with Crippen LogP contribution in [-0.4, -0.2) is 35.4 Å². The van der Waals surface area contributed by atoms with Gasteiger partial charge in [0.2, 0.25) is 0 Å². The van der Waals surface area contributed by atoms with Gasteiger partial charge in [-0.1, -0.05) is 31.9 Å². The molecule has 2 aliphatic carbocycles. The Kier molecular flexibility index (Phi) is 4.59. The quantitative estimate of drug-likeness (QED) is 0.522. The number of halogens is 2. The molecule has 3 aliphatic rings. The smallest absolute Gasteiger partial charge is 0.310 e. The number of carbonyl (C=O) groups is 3. The Labute approximate surface area is 167 Å². The lowest BCUT2D eigenvalue weighted by atomic mass is 9.80. The molecule has 8 heteroatoms. The molecule has 1 N–H and O–H groups in total. The number of fused-ring (bicyclic) bond motifs is 1. The normalized spacial score (nSPS) is 33.9. The summed E-state index contributed by atoms with van der Waals surface area (Å²) in [4.78, 5) is 36.6. The van der Waals surface area contributed by atoms with Crippen LogP contribution < -0.4 is 5.32 Å². The van der Waals surface area contributed by atoms with Gasteiger partial charge in [0, 0.05) is 16.1 Å². The lowest BCUT2D eigenvalue weighted by Gasteiger charge is -2.26. The third kappa shape index (κ3) is 2.87. The molecule has 0 spiro atoms. The molecule has 2 bridgehead atoms. The van der Waals surface area contributed by atoms with Gasteiger partial charge in [0.25, 0.3) is 5.91 Å². The predicted octanol–water partition coefficient (Wildman–Crippen LogP) is 2.81. The van der Waals surface area contributed by atoms with E-state index in [0.717, 1.165) is 16.5 Å². The highest BCUT2D eigenvalue weighted by Gasteiger charge is 2.68. The molecule has 1 aromatic rings. The lowest BCUT2D eigenvalue weighted by Crippen LogP contribution is -2.39. The van der Waals surface area contributed by atoms with Gasteiger partial charge in [-0.3, -0.25) is 14.4 Å². The van der Waals surface area contributed by atoms with E-state index >= 15 is 0 Å². The van der Waals surface area contributed by atoms with Crippen LogP contribution >= 0.6 is 31.9 Å². The van der Waals surface area contributed by atoms with Gasteiger partial charge < -0.3 is 14.8 Å². The Balaban J connectivity index is 1.36. The van der Waals surface area contributed by atoms with Crippen molar-refractivity contribution < 1.29 is 23.9 Å². The Morgan fingerprint density at radius 3 is 2.85 bits per heavy atom. The molecule has 1 saturated heterocycles. The molecule has 138 valence electrons. The second kappa shape index (κ2) is 6.64. The van der Waals surface area contributed by atoms with E-state index < -0.39 is 23.7 Å².